The van der Waals surface area contributed by atoms with Gasteiger partial charge in [-0.05, 0) is 30.0 Å². The molecule has 2 heteroatoms. The molecule has 0 aromatic heterocycles. The number of rotatable bonds is 3. The summed E-state index contributed by atoms with van der Waals surface area (Å²) in [5, 5.41) is 3.90. The molecular formula is C25H29NO. The van der Waals surface area contributed by atoms with Crippen LogP contribution in [0.25, 0.3) is 6.08 Å². The molecule has 0 radical (unpaired) electrons. The van der Waals surface area contributed by atoms with E-state index in [1.54, 1.807) is 0 Å². The molecule has 1 saturated carbocycles. The Morgan fingerprint density at radius 2 is 1.59 bits per heavy atom. The van der Waals surface area contributed by atoms with Crippen molar-refractivity contribution in [2.24, 2.45) is 0 Å². The molecule has 1 unspecified atom stereocenters. The molecule has 2 aromatic carbocycles. The molecule has 1 N–H and O–H groups in total. The van der Waals surface area contributed by atoms with Crippen molar-refractivity contribution in [3.63, 3.8) is 0 Å². The molecular weight excluding hydrogens is 330 g/mol. The lowest BCUT2D eigenvalue weighted by Crippen LogP contribution is -2.54. The number of hydrogen-bond donors (Lipinski definition) is 1. The zero-order chi connectivity index (χ0) is 18.9. The third-order valence-corrected chi connectivity index (χ3v) is 6.29. The van der Waals surface area contributed by atoms with Crippen molar-refractivity contribution in [2.45, 2.75) is 63.5 Å². The predicted molar refractivity (Wildman–Crippen MR) is 112 cm³/mol. The number of Topliss-reactive ketones (excluding diaryl/α,β-unsaturated/α-hetero) is 1. The Morgan fingerprint density at radius 3 is 2.33 bits per heavy atom. The summed E-state index contributed by atoms with van der Waals surface area (Å²) < 4.78 is 0. The number of fused-ring (bicyclic) bond motifs is 1. The lowest BCUT2D eigenvalue weighted by atomic mass is 9.66. The minimum Gasteiger partial charge on any atom is -0.306 e. The minimum atomic E-state index is -0.136. The fourth-order valence-electron chi connectivity index (χ4n) is 4.75. The molecule has 0 bridgehead atoms. The van der Waals surface area contributed by atoms with Crippen molar-refractivity contribution in [2.75, 3.05) is 0 Å². The van der Waals surface area contributed by atoms with Gasteiger partial charge >= 0.3 is 0 Å². The van der Waals surface area contributed by atoms with E-state index in [2.05, 4.69) is 49.5 Å². The van der Waals surface area contributed by atoms with E-state index < -0.39 is 0 Å². The maximum absolute atomic E-state index is 13.5. The molecule has 140 valence electrons. The summed E-state index contributed by atoms with van der Waals surface area (Å²) in [5.74, 6) is 0.169. The molecule has 1 atom stereocenters. The van der Waals surface area contributed by atoms with E-state index >= 15 is 0 Å². The molecule has 0 aliphatic heterocycles. The van der Waals surface area contributed by atoms with Crippen LogP contribution in [0.15, 0.2) is 60.2 Å². The first kappa shape index (κ1) is 18.2. The van der Waals surface area contributed by atoms with Crippen LogP contribution in [0.5, 0.6) is 0 Å². The summed E-state index contributed by atoms with van der Waals surface area (Å²) in [6.45, 7) is 4.55. The predicted octanol–water partition coefficient (Wildman–Crippen LogP) is 5.54. The van der Waals surface area contributed by atoms with Crippen LogP contribution in [0.2, 0.25) is 0 Å². The molecule has 0 spiro atoms. The summed E-state index contributed by atoms with van der Waals surface area (Å²) in [7, 11) is 0. The quantitative estimate of drug-likeness (QED) is 0.730. The molecule has 2 nitrogen and oxygen atoms in total. The second-order valence-corrected chi connectivity index (χ2v) is 8.54. The summed E-state index contributed by atoms with van der Waals surface area (Å²) >= 11 is 0. The van der Waals surface area contributed by atoms with Crippen LogP contribution in [-0.2, 0) is 5.41 Å². The van der Waals surface area contributed by atoms with Crippen LogP contribution in [-0.4, -0.2) is 17.9 Å². The van der Waals surface area contributed by atoms with E-state index in [4.69, 9.17) is 0 Å². The van der Waals surface area contributed by atoms with Crippen LogP contribution in [0, 0.1) is 0 Å². The Balaban J connectivity index is 1.80. The summed E-state index contributed by atoms with van der Waals surface area (Å²) in [5.41, 5.74) is 3.87. The Morgan fingerprint density at radius 1 is 0.926 bits per heavy atom. The number of nitrogens with one attached hydrogen (secondary N) is 1. The lowest BCUT2D eigenvalue weighted by molar-refractivity contribution is 0.0997. The highest BCUT2D eigenvalue weighted by Gasteiger charge is 2.44. The Labute approximate surface area is 162 Å². The number of ketones is 1. The molecule has 0 saturated heterocycles. The van der Waals surface area contributed by atoms with Gasteiger partial charge in [0.25, 0.3) is 0 Å². The number of benzene rings is 2. The first-order chi connectivity index (χ1) is 13.1. The van der Waals surface area contributed by atoms with E-state index in [0.717, 1.165) is 22.3 Å². The van der Waals surface area contributed by atoms with Crippen molar-refractivity contribution < 1.29 is 4.79 Å². The minimum absolute atomic E-state index is 0.0307. The number of hydrogen-bond acceptors (Lipinski definition) is 2. The highest BCUT2D eigenvalue weighted by molar-refractivity contribution is 6.14. The second kappa shape index (κ2) is 7.44. The van der Waals surface area contributed by atoms with Gasteiger partial charge in [-0.3, -0.25) is 4.79 Å². The van der Waals surface area contributed by atoms with Crippen LogP contribution in [0.4, 0.5) is 0 Å². The Bertz CT molecular complexity index is 844. The van der Waals surface area contributed by atoms with Gasteiger partial charge in [-0.2, -0.15) is 0 Å². The summed E-state index contributed by atoms with van der Waals surface area (Å²) in [4.78, 5) is 13.5. The average Bonchev–Trinajstić information content (AvgIpc) is 2.71. The molecule has 0 heterocycles. The van der Waals surface area contributed by atoms with Crippen molar-refractivity contribution in [1.29, 1.82) is 0 Å². The van der Waals surface area contributed by atoms with Crippen molar-refractivity contribution >= 4 is 11.9 Å². The Hall–Kier alpha value is -2.19. The second-order valence-electron chi connectivity index (χ2n) is 8.54. The average molecular weight is 360 g/mol. The first-order valence-electron chi connectivity index (χ1n) is 10.2. The summed E-state index contributed by atoms with van der Waals surface area (Å²) in [6, 6.07) is 18.9. The van der Waals surface area contributed by atoms with Gasteiger partial charge < -0.3 is 5.32 Å². The van der Waals surface area contributed by atoms with E-state index in [9.17, 15) is 4.79 Å². The fraction of sp³-hybridized carbons (Fsp3) is 0.400. The van der Waals surface area contributed by atoms with Crippen molar-refractivity contribution in [1.82, 2.24) is 5.32 Å². The zero-order valence-corrected chi connectivity index (χ0v) is 16.4. The highest BCUT2D eigenvalue weighted by Crippen LogP contribution is 2.41. The molecule has 27 heavy (non-hydrogen) atoms. The molecule has 4 rings (SSSR count). The van der Waals surface area contributed by atoms with Gasteiger partial charge in [0.15, 0.2) is 5.78 Å². The van der Waals surface area contributed by atoms with Gasteiger partial charge in [0.1, 0.15) is 0 Å². The van der Waals surface area contributed by atoms with E-state index in [0.29, 0.717) is 6.04 Å². The summed E-state index contributed by atoms with van der Waals surface area (Å²) in [6.07, 6.45) is 8.42. The van der Waals surface area contributed by atoms with Gasteiger partial charge in [-0.15, -0.1) is 0 Å². The topological polar surface area (TPSA) is 29.1 Å². The normalized spacial score (nSPS) is 24.0. The smallest absolute Gasteiger partial charge is 0.190 e. The van der Waals surface area contributed by atoms with Gasteiger partial charge in [0.2, 0.25) is 0 Å². The lowest BCUT2D eigenvalue weighted by Gasteiger charge is -2.44. The van der Waals surface area contributed by atoms with Crippen LogP contribution in [0.3, 0.4) is 0 Å². The fourth-order valence-corrected chi connectivity index (χ4v) is 4.75. The monoisotopic (exact) mass is 359 g/mol. The molecule has 2 aliphatic carbocycles. The van der Waals surface area contributed by atoms with Crippen LogP contribution >= 0.6 is 0 Å². The number of carbonyl (C=O) groups is 1. The zero-order valence-electron chi connectivity index (χ0n) is 16.4. The van der Waals surface area contributed by atoms with Gasteiger partial charge in [-0.1, -0.05) is 87.7 Å². The SMILES string of the molecule is CC1(C)c2ccccc2C(=O)C(=Cc2ccccc2)C1NC1CCCCC1. The molecule has 1 fully saturated rings. The first-order valence-corrected chi connectivity index (χ1v) is 10.2. The van der Waals surface area contributed by atoms with E-state index in [1.165, 1.54) is 32.1 Å². The van der Waals surface area contributed by atoms with Crippen molar-refractivity contribution in [3.05, 3.63) is 76.9 Å². The Kier molecular flexibility index (Phi) is 5.01. The van der Waals surface area contributed by atoms with Crippen LogP contribution < -0.4 is 5.32 Å². The molecule has 0 amide bonds. The van der Waals surface area contributed by atoms with Crippen molar-refractivity contribution in [3.8, 4) is 0 Å². The van der Waals surface area contributed by atoms with E-state index in [-0.39, 0.29) is 17.2 Å². The maximum atomic E-state index is 13.5. The third kappa shape index (κ3) is 3.51. The van der Waals surface area contributed by atoms with E-state index in [1.807, 2.05) is 30.3 Å². The largest absolute Gasteiger partial charge is 0.306 e. The molecule has 2 aromatic rings. The van der Waals surface area contributed by atoms with Gasteiger partial charge in [-0.25, -0.2) is 0 Å². The van der Waals surface area contributed by atoms with Crippen LogP contribution in [0.1, 0.15) is 67.4 Å². The highest BCUT2D eigenvalue weighted by atomic mass is 16.1. The number of carbonyl (C=O) groups excluding carboxylic acids is 1. The van der Waals surface area contributed by atoms with Gasteiger partial charge in [0.05, 0.1) is 0 Å². The third-order valence-electron chi connectivity index (χ3n) is 6.29. The maximum Gasteiger partial charge on any atom is 0.190 e. The molecule has 2 aliphatic rings. The van der Waals surface area contributed by atoms with Gasteiger partial charge in [0, 0.05) is 28.6 Å². The standard InChI is InChI=1S/C25H29NO/c1-25(2)22-16-10-9-15-20(22)23(27)21(17-18-11-5-3-6-12-18)24(25)26-19-13-7-4-8-14-19/h3,5-6,9-12,15-17,19,24,26H,4,7-8,13-14H2,1-2H3.